The normalized spacial score (nSPS) is 13.6. The smallest absolute Gasteiger partial charge is 0.0797 e. The molecule has 0 aromatic carbocycles. The van der Waals surface area contributed by atoms with E-state index in [-0.39, 0.29) is 0 Å². The molecule has 1 aromatic heterocycles. The van der Waals surface area contributed by atoms with E-state index in [2.05, 4.69) is 50.1 Å². The van der Waals surface area contributed by atoms with Gasteiger partial charge in [0, 0.05) is 24.0 Å². The lowest BCUT2D eigenvalue weighted by molar-refractivity contribution is 0.290. The quantitative estimate of drug-likeness (QED) is 0.809. The van der Waals surface area contributed by atoms with Gasteiger partial charge >= 0.3 is 0 Å². The van der Waals surface area contributed by atoms with Crippen molar-refractivity contribution in [3.8, 4) is 0 Å². The first-order valence-corrected chi connectivity index (χ1v) is 7.15. The standard InChI is InChI=1S/C13H25N3S/c1-10(2)12(8-16(4)5)14-7-6-13-11(3)15-9-17-13/h9-10,12,14H,6-8H2,1-5H3. The van der Waals surface area contributed by atoms with Gasteiger partial charge in [0.15, 0.2) is 0 Å². The molecular formula is C13H25N3S. The summed E-state index contributed by atoms with van der Waals surface area (Å²) in [5.41, 5.74) is 3.12. The number of hydrogen-bond donors (Lipinski definition) is 1. The second kappa shape index (κ2) is 7.09. The number of nitrogens with zero attached hydrogens (tertiary/aromatic N) is 2. The molecular weight excluding hydrogens is 230 g/mol. The Bertz CT molecular complexity index is 320. The Hall–Kier alpha value is -0.450. The van der Waals surface area contributed by atoms with Crippen LogP contribution in [0.5, 0.6) is 0 Å². The lowest BCUT2D eigenvalue weighted by Crippen LogP contribution is -2.42. The van der Waals surface area contributed by atoms with Gasteiger partial charge in [0.25, 0.3) is 0 Å². The second-order valence-corrected chi connectivity index (χ2v) is 6.12. The summed E-state index contributed by atoms with van der Waals surface area (Å²) >= 11 is 1.76. The Balaban J connectivity index is 2.34. The molecule has 0 amide bonds. The van der Waals surface area contributed by atoms with Crippen LogP contribution >= 0.6 is 11.3 Å². The molecule has 1 rings (SSSR count). The molecule has 0 saturated carbocycles. The largest absolute Gasteiger partial charge is 0.312 e. The Labute approximate surface area is 109 Å². The van der Waals surface area contributed by atoms with E-state index in [0.29, 0.717) is 12.0 Å². The fourth-order valence-corrected chi connectivity index (χ4v) is 2.62. The molecule has 98 valence electrons. The van der Waals surface area contributed by atoms with Crippen LogP contribution in [0.25, 0.3) is 0 Å². The van der Waals surface area contributed by atoms with Crippen LogP contribution in [0.1, 0.15) is 24.4 Å². The number of nitrogens with one attached hydrogen (secondary N) is 1. The van der Waals surface area contributed by atoms with Crippen LogP contribution in [0.2, 0.25) is 0 Å². The van der Waals surface area contributed by atoms with Gasteiger partial charge in [0.2, 0.25) is 0 Å². The van der Waals surface area contributed by atoms with E-state index in [1.165, 1.54) is 10.6 Å². The van der Waals surface area contributed by atoms with Crippen molar-refractivity contribution in [3.63, 3.8) is 0 Å². The van der Waals surface area contributed by atoms with Crippen molar-refractivity contribution in [3.05, 3.63) is 16.1 Å². The predicted octanol–water partition coefficient (Wildman–Crippen LogP) is 2.17. The zero-order valence-corrected chi connectivity index (χ0v) is 12.5. The lowest BCUT2D eigenvalue weighted by Gasteiger charge is -2.25. The minimum atomic E-state index is 0.568. The van der Waals surface area contributed by atoms with Crippen LogP contribution in [0.3, 0.4) is 0 Å². The Morgan fingerprint density at radius 2 is 2.12 bits per heavy atom. The van der Waals surface area contributed by atoms with Gasteiger partial charge in [-0.1, -0.05) is 13.8 Å². The first kappa shape index (κ1) is 14.6. The Kier molecular flexibility index (Phi) is 6.09. The van der Waals surface area contributed by atoms with E-state index in [9.17, 15) is 0 Å². The number of rotatable bonds is 7. The molecule has 17 heavy (non-hydrogen) atoms. The van der Waals surface area contributed by atoms with Crippen LogP contribution in [0.15, 0.2) is 5.51 Å². The van der Waals surface area contributed by atoms with E-state index >= 15 is 0 Å². The molecule has 0 spiro atoms. The van der Waals surface area contributed by atoms with Gasteiger partial charge in [-0.05, 0) is 33.4 Å². The third-order valence-corrected chi connectivity index (χ3v) is 3.96. The molecule has 0 aliphatic heterocycles. The molecule has 0 aliphatic carbocycles. The molecule has 0 radical (unpaired) electrons. The molecule has 0 saturated heterocycles. The average molecular weight is 255 g/mol. The fraction of sp³-hybridized carbons (Fsp3) is 0.769. The molecule has 1 aromatic rings. The van der Waals surface area contributed by atoms with E-state index in [4.69, 9.17) is 0 Å². The third kappa shape index (κ3) is 5.15. The van der Waals surface area contributed by atoms with Gasteiger partial charge in [0.05, 0.1) is 11.2 Å². The van der Waals surface area contributed by atoms with Crippen molar-refractivity contribution >= 4 is 11.3 Å². The Morgan fingerprint density at radius 1 is 1.41 bits per heavy atom. The van der Waals surface area contributed by atoms with Crippen molar-refractivity contribution in [2.45, 2.75) is 33.2 Å². The van der Waals surface area contributed by atoms with Crippen molar-refractivity contribution in [1.82, 2.24) is 15.2 Å². The van der Waals surface area contributed by atoms with Gasteiger partial charge in [-0.2, -0.15) is 0 Å². The molecule has 1 unspecified atom stereocenters. The summed E-state index contributed by atoms with van der Waals surface area (Å²) in [7, 11) is 4.26. The summed E-state index contributed by atoms with van der Waals surface area (Å²) in [4.78, 5) is 7.93. The first-order chi connectivity index (χ1) is 8.00. The molecule has 1 N–H and O–H groups in total. The van der Waals surface area contributed by atoms with Crippen molar-refractivity contribution < 1.29 is 0 Å². The van der Waals surface area contributed by atoms with Gasteiger partial charge < -0.3 is 10.2 Å². The Morgan fingerprint density at radius 3 is 2.59 bits per heavy atom. The highest BCUT2D eigenvalue weighted by atomic mass is 32.1. The van der Waals surface area contributed by atoms with Crippen LogP contribution < -0.4 is 5.32 Å². The zero-order chi connectivity index (χ0) is 12.8. The molecule has 1 atom stereocenters. The van der Waals surface area contributed by atoms with Gasteiger partial charge in [-0.25, -0.2) is 4.98 Å². The van der Waals surface area contributed by atoms with Gasteiger partial charge in [0.1, 0.15) is 0 Å². The van der Waals surface area contributed by atoms with Crippen molar-refractivity contribution in [2.24, 2.45) is 5.92 Å². The fourth-order valence-electron chi connectivity index (χ4n) is 1.84. The number of thiazole rings is 1. The summed E-state index contributed by atoms with van der Waals surface area (Å²) in [6, 6.07) is 0.568. The number of aromatic nitrogens is 1. The third-order valence-electron chi connectivity index (χ3n) is 2.97. The van der Waals surface area contributed by atoms with E-state index in [1.54, 1.807) is 11.3 Å². The van der Waals surface area contributed by atoms with Crippen LogP contribution in [0.4, 0.5) is 0 Å². The monoisotopic (exact) mass is 255 g/mol. The maximum atomic E-state index is 4.28. The molecule has 0 fully saturated rings. The van der Waals surface area contributed by atoms with E-state index in [1.807, 2.05) is 5.51 Å². The van der Waals surface area contributed by atoms with Crippen molar-refractivity contribution in [1.29, 1.82) is 0 Å². The summed E-state index contributed by atoms with van der Waals surface area (Å²) in [5, 5.41) is 3.65. The SMILES string of the molecule is Cc1ncsc1CCNC(CN(C)C)C(C)C. The summed E-state index contributed by atoms with van der Waals surface area (Å²) < 4.78 is 0. The second-order valence-electron chi connectivity index (χ2n) is 5.18. The molecule has 0 aliphatic rings. The molecule has 4 heteroatoms. The summed E-state index contributed by atoms with van der Waals surface area (Å²) in [6.07, 6.45) is 1.09. The molecule has 0 bridgehead atoms. The maximum absolute atomic E-state index is 4.28. The maximum Gasteiger partial charge on any atom is 0.0797 e. The number of likely N-dealkylation sites (N-methyl/N-ethyl adjacent to an activating group) is 1. The van der Waals surface area contributed by atoms with Crippen LogP contribution in [0, 0.1) is 12.8 Å². The van der Waals surface area contributed by atoms with Crippen LogP contribution in [-0.4, -0.2) is 43.1 Å². The van der Waals surface area contributed by atoms with E-state index in [0.717, 1.165) is 19.5 Å². The topological polar surface area (TPSA) is 28.2 Å². The highest BCUT2D eigenvalue weighted by Gasteiger charge is 2.13. The average Bonchev–Trinajstić information content (AvgIpc) is 2.62. The van der Waals surface area contributed by atoms with Gasteiger partial charge in [-0.3, -0.25) is 0 Å². The van der Waals surface area contributed by atoms with E-state index < -0.39 is 0 Å². The molecule has 1 heterocycles. The van der Waals surface area contributed by atoms with Crippen LogP contribution in [-0.2, 0) is 6.42 Å². The summed E-state index contributed by atoms with van der Waals surface area (Å²) in [6.45, 7) is 8.78. The minimum absolute atomic E-state index is 0.568. The first-order valence-electron chi connectivity index (χ1n) is 6.27. The predicted molar refractivity (Wildman–Crippen MR) is 75.7 cm³/mol. The lowest BCUT2D eigenvalue weighted by atomic mass is 10.0. The van der Waals surface area contributed by atoms with Crippen molar-refractivity contribution in [2.75, 3.05) is 27.2 Å². The van der Waals surface area contributed by atoms with Gasteiger partial charge in [-0.15, -0.1) is 11.3 Å². The molecule has 3 nitrogen and oxygen atoms in total. The summed E-state index contributed by atoms with van der Waals surface area (Å²) in [5.74, 6) is 0.667. The highest BCUT2D eigenvalue weighted by Crippen LogP contribution is 2.12. The number of hydrogen-bond acceptors (Lipinski definition) is 4. The minimum Gasteiger partial charge on any atom is -0.312 e. The highest BCUT2D eigenvalue weighted by molar-refractivity contribution is 7.09. The zero-order valence-electron chi connectivity index (χ0n) is 11.7. The number of aryl methyl sites for hydroxylation is 1.